The van der Waals surface area contributed by atoms with Crippen molar-refractivity contribution in [3.05, 3.63) is 69.5 Å². The maximum atomic E-state index is 13.0. The molecular weight excluding hydrogens is 396 g/mol. The van der Waals surface area contributed by atoms with E-state index < -0.39 is 11.5 Å². The SMILES string of the molecule is CCN(C(=O)c1c(O)c2c(Cl)cccc2n(C)c1=O)c1ccccc1.[Fe+3]. The molecule has 1 N–H and O–H groups in total. The molecule has 1 aromatic heterocycles. The molecule has 0 spiro atoms. The molecule has 1 radical (unpaired) electrons. The summed E-state index contributed by atoms with van der Waals surface area (Å²) in [5.41, 5.74) is 0.269. The van der Waals surface area contributed by atoms with Crippen LogP contribution < -0.4 is 10.5 Å². The first-order valence-corrected chi connectivity index (χ1v) is 8.22. The Hall–Kier alpha value is -2.27. The van der Waals surface area contributed by atoms with Gasteiger partial charge in [-0.3, -0.25) is 9.59 Å². The van der Waals surface area contributed by atoms with Gasteiger partial charge in [0.15, 0.2) is 0 Å². The summed E-state index contributed by atoms with van der Waals surface area (Å²) in [6.45, 7) is 2.16. The molecular formula is C19H17ClFeN2O3+3. The summed E-state index contributed by atoms with van der Waals surface area (Å²) in [5.74, 6) is -0.947. The first-order valence-electron chi connectivity index (χ1n) is 7.84. The van der Waals surface area contributed by atoms with E-state index in [2.05, 4.69) is 0 Å². The summed E-state index contributed by atoms with van der Waals surface area (Å²) in [6, 6.07) is 14.0. The quantitative estimate of drug-likeness (QED) is 0.669. The van der Waals surface area contributed by atoms with Crippen LogP contribution in [0.3, 0.4) is 0 Å². The van der Waals surface area contributed by atoms with E-state index in [0.717, 1.165) is 0 Å². The number of carbonyl (C=O) groups excluding carboxylic acids is 1. The van der Waals surface area contributed by atoms with Crippen LogP contribution in [-0.4, -0.2) is 22.1 Å². The van der Waals surface area contributed by atoms with Crippen LogP contribution in [0.15, 0.2) is 53.3 Å². The first kappa shape index (κ1) is 20.0. The predicted molar refractivity (Wildman–Crippen MR) is 99.7 cm³/mol. The second kappa shape index (κ2) is 7.96. The average molecular weight is 413 g/mol. The van der Waals surface area contributed by atoms with Gasteiger partial charge in [-0.2, -0.15) is 0 Å². The number of aromatic nitrogens is 1. The maximum Gasteiger partial charge on any atom is 3.00 e. The molecule has 3 aromatic rings. The molecule has 1 heterocycles. The second-order valence-electron chi connectivity index (χ2n) is 5.61. The summed E-state index contributed by atoms with van der Waals surface area (Å²) in [5, 5.41) is 11.2. The first-order chi connectivity index (χ1) is 12.0. The van der Waals surface area contributed by atoms with Crippen LogP contribution in [0.25, 0.3) is 10.9 Å². The number of hydrogen-bond donors (Lipinski definition) is 1. The Kier molecular flexibility index (Phi) is 6.13. The Morgan fingerprint density at radius 2 is 1.81 bits per heavy atom. The molecule has 0 bridgehead atoms. The maximum absolute atomic E-state index is 13.0. The molecule has 5 nitrogen and oxygen atoms in total. The number of nitrogens with zero attached hydrogens (tertiary/aromatic N) is 2. The topological polar surface area (TPSA) is 62.5 Å². The van der Waals surface area contributed by atoms with E-state index in [1.54, 1.807) is 56.4 Å². The monoisotopic (exact) mass is 412 g/mol. The van der Waals surface area contributed by atoms with Crippen LogP contribution in [0.4, 0.5) is 5.69 Å². The Bertz CT molecular complexity index is 1020. The summed E-state index contributed by atoms with van der Waals surface area (Å²) < 4.78 is 1.33. The van der Waals surface area contributed by atoms with Gasteiger partial charge in [0.1, 0.15) is 11.3 Å². The molecule has 0 aliphatic rings. The number of para-hydroxylation sites is 1. The minimum atomic E-state index is -0.563. The number of fused-ring (bicyclic) bond motifs is 1. The second-order valence-corrected chi connectivity index (χ2v) is 6.01. The van der Waals surface area contributed by atoms with Gasteiger partial charge in [0, 0.05) is 19.3 Å². The van der Waals surface area contributed by atoms with Gasteiger partial charge < -0.3 is 14.6 Å². The van der Waals surface area contributed by atoms with E-state index in [-0.39, 0.29) is 33.4 Å². The fourth-order valence-electron chi connectivity index (χ4n) is 2.91. The number of pyridine rings is 1. The van der Waals surface area contributed by atoms with Gasteiger partial charge in [0.05, 0.1) is 15.9 Å². The minimum absolute atomic E-state index is 0. The zero-order valence-corrected chi connectivity index (χ0v) is 16.1. The van der Waals surface area contributed by atoms with Gasteiger partial charge in [-0.1, -0.05) is 35.9 Å². The van der Waals surface area contributed by atoms with Crippen LogP contribution in [-0.2, 0) is 24.1 Å². The largest absolute Gasteiger partial charge is 3.00 e. The van der Waals surface area contributed by atoms with Crippen LogP contribution in [0, 0.1) is 0 Å². The number of amides is 1. The van der Waals surface area contributed by atoms with Crippen molar-refractivity contribution in [2.45, 2.75) is 6.92 Å². The van der Waals surface area contributed by atoms with Crippen molar-refractivity contribution in [3.8, 4) is 5.75 Å². The van der Waals surface area contributed by atoms with Crippen molar-refractivity contribution in [1.29, 1.82) is 0 Å². The molecule has 0 saturated heterocycles. The molecule has 3 rings (SSSR count). The molecule has 0 fully saturated rings. The third kappa shape index (κ3) is 3.23. The van der Waals surface area contributed by atoms with Crippen LogP contribution >= 0.6 is 11.6 Å². The van der Waals surface area contributed by atoms with Gasteiger partial charge in [-0.15, -0.1) is 0 Å². The zero-order chi connectivity index (χ0) is 18.1. The van der Waals surface area contributed by atoms with E-state index >= 15 is 0 Å². The Morgan fingerprint density at radius 1 is 1.15 bits per heavy atom. The third-order valence-electron chi connectivity index (χ3n) is 4.19. The van der Waals surface area contributed by atoms with Gasteiger partial charge in [0.2, 0.25) is 0 Å². The summed E-state index contributed by atoms with van der Waals surface area (Å²) in [6.07, 6.45) is 0. The summed E-state index contributed by atoms with van der Waals surface area (Å²) in [4.78, 5) is 27.2. The molecule has 2 aromatic carbocycles. The van der Waals surface area contributed by atoms with Crippen molar-refractivity contribution in [3.63, 3.8) is 0 Å². The van der Waals surface area contributed by atoms with E-state index in [1.807, 2.05) is 6.07 Å². The van der Waals surface area contributed by atoms with Gasteiger partial charge in [-0.25, -0.2) is 0 Å². The predicted octanol–water partition coefficient (Wildman–Crippen LogP) is 3.56. The third-order valence-corrected chi connectivity index (χ3v) is 4.50. The normalized spacial score (nSPS) is 10.4. The van der Waals surface area contributed by atoms with Gasteiger partial charge in [-0.05, 0) is 31.2 Å². The standard InChI is InChI=1S/C19H17ClN2O3.Fe/c1-3-22(12-8-5-4-6-9-12)19(25)16-17(23)15-13(20)10-7-11-14(15)21(2)18(16)24;/h4-11,23H,3H2,1-2H3;/q;+3. The minimum Gasteiger partial charge on any atom is -0.506 e. The number of halogens is 1. The number of aromatic hydroxyl groups is 1. The van der Waals surface area contributed by atoms with E-state index in [4.69, 9.17) is 11.6 Å². The molecule has 0 aliphatic heterocycles. The molecule has 0 saturated carbocycles. The Balaban J connectivity index is 0.00000243. The van der Waals surface area contributed by atoms with Crippen LogP contribution in [0.5, 0.6) is 5.75 Å². The number of hydrogen-bond acceptors (Lipinski definition) is 3. The van der Waals surface area contributed by atoms with Crippen LogP contribution in [0.1, 0.15) is 17.3 Å². The number of anilines is 1. The number of rotatable bonds is 3. The van der Waals surface area contributed by atoms with Crippen molar-refractivity contribution in [2.75, 3.05) is 11.4 Å². The summed E-state index contributed by atoms with van der Waals surface area (Å²) >= 11 is 6.19. The van der Waals surface area contributed by atoms with Crippen molar-refractivity contribution in [2.24, 2.45) is 7.05 Å². The molecule has 1 amide bonds. The average Bonchev–Trinajstić information content (AvgIpc) is 2.61. The van der Waals surface area contributed by atoms with E-state index in [0.29, 0.717) is 23.1 Å². The van der Waals surface area contributed by atoms with Crippen molar-refractivity contribution >= 4 is 34.1 Å². The summed E-state index contributed by atoms with van der Waals surface area (Å²) in [7, 11) is 1.55. The zero-order valence-electron chi connectivity index (χ0n) is 14.2. The molecule has 0 aliphatic carbocycles. The molecule has 0 atom stereocenters. The fourth-order valence-corrected chi connectivity index (χ4v) is 3.17. The Labute approximate surface area is 166 Å². The Morgan fingerprint density at radius 3 is 2.42 bits per heavy atom. The molecule has 133 valence electrons. The molecule has 26 heavy (non-hydrogen) atoms. The number of aryl methyl sites for hydroxylation is 1. The van der Waals surface area contributed by atoms with Crippen LogP contribution in [0.2, 0.25) is 5.02 Å². The van der Waals surface area contributed by atoms with Gasteiger partial charge in [0.25, 0.3) is 11.5 Å². The van der Waals surface area contributed by atoms with Crippen molar-refractivity contribution < 1.29 is 27.0 Å². The van der Waals surface area contributed by atoms with E-state index in [9.17, 15) is 14.7 Å². The van der Waals surface area contributed by atoms with Crippen molar-refractivity contribution in [1.82, 2.24) is 4.57 Å². The fraction of sp³-hybridized carbons (Fsp3) is 0.158. The molecule has 7 heteroatoms. The smallest absolute Gasteiger partial charge is 0.506 e. The van der Waals surface area contributed by atoms with Gasteiger partial charge >= 0.3 is 17.1 Å². The van der Waals surface area contributed by atoms with E-state index in [1.165, 1.54) is 9.47 Å². The number of carbonyl (C=O) groups is 1. The number of benzene rings is 2. The molecule has 0 unspecified atom stereocenters.